The molecule has 1 heterocycles. The number of ketones is 1. The van der Waals surface area contributed by atoms with Crippen LogP contribution in [0.4, 0.5) is 0 Å². The molecule has 0 spiro atoms. The Bertz CT molecular complexity index is 601. The van der Waals surface area contributed by atoms with Crippen molar-refractivity contribution in [2.24, 2.45) is 0 Å². The smallest absolute Gasteiger partial charge is 0.371 e. The van der Waals surface area contributed by atoms with Gasteiger partial charge in [0.25, 0.3) is 0 Å². The Morgan fingerprint density at radius 2 is 1.89 bits per heavy atom. The van der Waals surface area contributed by atoms with Crippen molar-refractivity contribution in [3.8, 4) is 0 Å². The maximum atomic E-state index is 11.9. The van der Waals surface area contributed by atoms with Gasteiger partial charge in [0.2, 0.25) is 11.5 Å². The number of halogens is 1. The summed E-state index contributed by atoms with van der Waals surface area (Å²) in [6.45, 7) is 0. The molecule has 2 aromatic rings. The van der Waals surface area contributed by atoms with E-state index in [9.17, 15) is 9.59 Å². The van der Waals surface area contributed by atoms with E-state index in [4.69, 9.17) is 9.52 Å². The molecular weight excluding hydrogens is 300 g/mol. The van der Waals surface area contributed by atoms with E-state index < -0.39 is 5.97 Å². The Morgan fingerprint density at radius 1 is 1.17 bits per heavy atom. The van der Waals surface area contributed by atoms with E-state index in [1.165, 1.54) is 12.1 Å². The highest BCUT2D eigenvalue weighted by molar-refractivity contribution is 9.10. The summed E-state index contributed by atoms with van der Waals surface area (Å²) >= 11 is 3.32. The first-order valence-electron chi connectivity index (χ1n) is 5.17. The van der Waals surface area contributed by atoms with Gasteiger partial charge in [-0.25, -0.2) is 4.79 Å². The molecule has 0 aliphatic rings. The van der Waals surface area contributed by atoms with Gasteiger partial charge < -0.3 is 9.52 Å². The van der Waals surface area contributed by atoms with Gasteiger partial charge in [-0.15, -0.1) is 0 Å². The fourth-order valence-electron chi connectivity index (χ4n) is 1.52. The highest BCUT2D eigenvalue weighted by atomic mass is 79.9. The van der Waals surface area contributed by atoms with Gasteiger partial charge in [0.1, 0.15) is 0 Å². The topological polar surface area (TPSA) is 67.5 Å². The minimum Gasteiger partial charge on any atom is -0.475 e. The maximum absolute atomic E-state index is 11.9. The lowest BCUT2D eigenvalue weighted by molar-refractivity contribution is 0.0660. The molecule has 0 unspecified atom stereocenters. The van der Waals surface area contributed by atoms with Crippen LogP contribution in [0, 0.1) is 0 Å². The first-order chi connectivity index (χ1) is 8.56. The Hall–Kier alpha value is -1.88. The van der Waals surface area contributed by atoms with Crippen LogP contribution < -0.4 is 0 Å². The molecule has 1 aromatic carbocycles. The van der Waals surface area contributed by atoms with Gasteiger partial charge >= 0.3 is 5.97 Å². The Morgan fingerprint density at radius 3 is 2.50 bits per heavy atom. The molecule has 0 bridgehead atoms. The molecule has 0 atom stereocenters. The molecule has 18 heavy (non-hydrogen) atoms. The van der Waals surface area contributed by atoms with E-state index >= 15 is 0 Å². The van der Waals surface area contributed by atoms with Crippen LogP contribution in [0.15, 0.2) is 45.3 Å². The molecule has 5 heteroatoms. The van der Waals surface area contributed by atoms with Crippen LogP contribution in [0.5, 0.6) is 0 Å². The zero-order chi connectivity index (χ0) is 13.1. The van der Waals surface area contributed by atoms with Gasteiger partial charge in [-0.05, 0) is 29.8 Å². The van der Waals surface area contributed by atoms with Crippen LogP contribution in [0.3, 0.4) is 0 Å². The highest BCUT2D eigenvalue weighted by Crippen LogP contribution is 2.15. The van der Waals surface area contributed by atoms with Crippen LogP contribution in [0.1, 0.15) is 26.7 Å². The number of carbonyl (C=O) groups is 2. The average Bonchev–Trinajstić information content (AvgIpc) is 2.78. The Labute approximate surface area is 111 Å². The lowest BCUT2D eigenvalue weighted by atomic mass is 10.1. The minimum atomic E-state index is -1.18. The van der Waals surface area contributed by atoms with Gasteiger partial charge in [0.15, 0.2) is 5.76 Å². The van der Waals surface area contributed by atoms with Gasteiger partial charge in [0, 0.05) is 10.9 Å². The Balaban J connectivity index is 2.14. The predicted molar refractivity (Wildman–Crippen MR) is 67.8 cm³/mol. The molecule has 1 N–H and O–H groups in total. The van der Waals surface area contributed by atoms with Crippen LogP contribution in [-0.2, 0) is 6.42 Å². The molecule has 1 aromatic heterocycles. The Kier molecular flexibility index (Phi) is 3.62. The summed E-state index contributed by atoms with van der Waals surface area (Å²) in [5.74, 6) is -1.60. The second kappa shape index (κ2) is 5.18. The first-order valence-corrected chi connectivity index (χ1v) is 5.96. The molecule has 4 nitrogen and oxygen atoms in total. The van der Waals surface area contributed by atoms with Crippen LogP contribution in [-0.4, -0.2) is 16.9 Å². The highest BCUT2D eigenvalue weighted by Gasteiger charge is 2.15. The summed E-state index contributed by atoms with van der Waals surface area (Å²) in [4.78, 5) is 22.5. The normalized spacial score (nSPS) is 10.3. The summed E-state index contributed by atoms with van der Waals surface area (Å²) in [6.07, 6.45) is 0.173. The van der Waals surface area contributed by atoms with Crippen molar-refractivity contribution < 1.29 is 19.1 Å². The molecule has 2 rings (SSSR count). The molecule has 0 amide bonds. The lowest BCUT2D eigenvalue weighted by Crippen LogP contribution is -2.02. The van der Waals surface area contributed by atoms with Gasteiger partial charge in [-0.3, -0.25) is 4.79 Å². The third kappa shape index (κ3) is 2.87. The summed E-state index contributed by atoms with van der Waals surface area (Å²) in [5, 5.41) is 8.69. The SMILES string of the molecule is O=C(O)c1ccc(C(=O)Cc2cccc(Br)c2)o1. The first kappa shape index (κ1) is 12.6. The minimum absolute atomic E-state index is 0.0624. The fraction of sp³-hybridized carbons (Fsp3) is 0.0769. The number of aromatic carboxylic acids is 1. The quantitative estimate of drug-likeness (QED) is 0.881. The molecule has 0 radical (unpaired) electrons. The molecule has 0 fully saturated rings. The van der Waals surface area contributed by atoms with Crippen molar-refractivity contribution >= 4 is 27.7 Å². The number of hydrogen-bond acceptors (Lipinski definition) is 3. The number of carboxylic acids is 1. The molecule has 92 valence electrons. The zero-order valence-electron chi connectivity index (χ0n) is 9.22. The molecule has 0 saturated heterocycles. The van der Waals surface area contributed by atoms with E-state index in [1.54, 1.807) is 0 Å². The van der Waals surface area contributed by atoms with E-state index in [0.29, 0.717) is 0 Å². The van der Waals surface area contributed by atoms with Crippen LogP contribution in [0.2, 0.25) is 0 Å². The lowest BCUT2D eigenvalue weighted by Gasteiger charge is -1.99. The summed E-state index contributed by atoms with van der Waals surface area (Å²) in [7, 11) is 0. The molecular formula is C13H9BrO4. The number of carboxylic acid groups (broad SMARTS) is 1. The van der Waals surface area contributed by atoms with Crippen molar-refractivity contribution in [1.82, 2.24) is 0 Å². The van der Waals surface area contributed by atoms with E-state index in [-0.39, 0.29) is 23.7 Å². The zero-order valence-corrected chi connectivity index (χ0v) is 10.8. The van der Waals surface area contributed by atoms with Crippen molar-refractivity contribution in [3.63, 3.8) is 0 Å². The summed E-state index contributed by atoms with van der Waals surface area (Å²) < 4.78 is 5.84. The maximum Gasteiger partial charge on any atom is 0.371 e. The van der Waals surface area contributed by atoms with Crippen molar-refractivity contribution in [2.45, 2.75) is 6.42 Å². The van der Waals surface area contributed by atoms with E-state index in [2.05, 4.69) is 15.9 Å². The van der Waals surface area contributed by atoms with E-state index in [0.717, 1.165) is 10.0 Å². The number of Topliss-reactive ketones (excluding diaryl/α,β-unsaturated/α-hetero) is 1. The molecule has 0 aliphatic carbocycles. The fourth-order valence-corrected chi connectivity index (χ4v) is 1.97. The number of hydrogen-bond donors (Lipinski definition) is 1. The second-order valence-electron chi connectivity index (χ2n) is 3.70. The average molecular weight is 309 g/mol. The molecule has 0 aliphatic heterocycles. The second-order valence-corrected chi connectivity index (χ2v) is 4.61. The van der Waals surface area contributed by atoms with Gasteiger partial charge in [0.05, 0.1) is 0 Å². The standard InChI is InChI=1S/C13H9BrO4/c14-9-3-1-2-8(6-9)7-10(15)11-4-5-12(18-11)13(16)17/h1-6H,7H2,(H,16,17). The summed E-state index contributed by atoms with van der Waals surface area (Å²) in [6, 6.07) is 10.0. The summed E-state index contributed by atoms with van der Waals surface area (Å²) in [5.41, 5.74) is 0.836. The van der Waals surface area contributed by atoms with Crippen molar-refractivity contribution in [2.75, 3.05) is 0 Å². The largest absolute Gasteiger partial charge is 0.475 e. The third-order valence-electron chi connectivity index (χ3n) is 2.35. The van der Waals surface area contributed by atoms with Crippen molar-refractivity contribution in [1.29, 1.82) is 0 Å². The number of carbonyl (C=O) groups excluding carboxylic acids is 1. The number of rotatable bonds is 4. The third-order valence-corrected chi connectivity index (χ3v) is 2.84. The predicted octanol–water partition coefficient (Wildman–Crippen LogP) is 3.17. The van der Waals surface area contributed by atoms with Gasteiger partial charge in [-0.2, -0.15) is 0 Å². The van der Waals surface area contributed by atoms with E-state index in [1.807, 2.05) is 24.3 Å². The van der Waals surface area contributed by atoms with Gasteiger partial charge in [-0.1, -0.05) is 28.1 Å². The van der Waals surface area contributed by atoms with Crippen molar-refractivity contribution in [3.05, 3.63) is 58.0 Å². The van der Waals surface area contributed by atoms with Crippen LogP contribution >= 0.6 is 15.9 Å². The number of furan rings is 1. The monoisotopic (exact) mass is 308 g/mol. The molecule has 0 saturated carbocycles. The number of benzene rings is 1. The van der Waals surface area contributed by atoms with Crippen LogP contribution in [0.25, 0.3) is 0 Å².